The summed E-state index contributed by atoms with van der Waals surface area (Å²) in [4.78, 5) is 15.7. The van der Waals surface area contributed by atoms with Crippen LogP contribution < -0.4 is 14.9 Å². The fourth-order valence-corrected chi connectivity index (χ4v) is 2.59. The molecule has 0 saturated heterocycles. The largest absolute Gasteiger partial charge is 0.493 e. The Morgan fingerprint density at radius 2 is 2.00 bits per heavy atom. The molecule has 1 aromatic heterocycles. The maximum Gasteiger partial charge on any atom is 0.271 e. The normalized spacial score (nSPS) is 10.5. The molecular formula is C15H14IN3O3. The third-order valence-corrected chi connectivity index (χ3v) is 3.58. The number of carbonyl (C=O) groups is 1. The molecule has 0 bridgehead atoms. The average molecular weight is 411 g/mol. The lowest BCUT2D eigenvalue weighted by Gasteiger charge is -2.10. The number of ether oxygens (including phenoxy) is 2. The van der Waals surface area contributed by atoms with Crippen LogP contribution >= 0.6 is 22.6 Å². The summed E-state index contributed by atoms with van der Waals surface area (Å²) in [5.41, 5.74) is 3.74. The Labute approximate surface area is 141 Å². The molecule has 6 nitrogen and oxygen atoms in total. The zero-order chi connectivity index (χ0) is 15.9. The molecule has 7 heteroatoms. The van der Waals surface area contributed by atoms with Crippen molar-refractivity contribution in [3.8, 4) is 11.5 Å². The van der Waals surface area contributed by atoms with Gasteiger partial charge in [-0.25, -0.2) is 5.43 Å². The molecule has 0 spiro atoms. The van der Waals surface area contributed by atoms with Crippen LogP contribution in [0.3, 0.4) is 0 Å². The second kappa shape index (κ2) is 7.74. The number of hydrogen-bond acceptors (Lipinski definition) is 5. The standard InChI is InChI=1S/C15H14IN3O3/c1-21-13-8-10(7-12(16)14(13)22-2)9-18-19-15(20)11-3-5-17-6-4-11/h3-9H,1-2H3,(H,19,20)/b18-9-. The molecule has 2 rings (SSSR count). The van der Waals surface area contributed by atoms with Gasteiger partial charge in [-0.3, -0.25) is 9.78 Å². The lowest BCUT2D eigenvalue weighted by molar-refractivity contribution is 0.0955. The Morgan fingerprint density at radius 1 is 1.27 bits per heavy atom. The summed E-state index contributed by atoms with van der Waals surface area (Å²) in [5, 5.41) is 3.95. The van der Waals surface area contributed by atoms with Gasteiger partial charge in [-0.2, -0.15) is 5.10 Å². The Morgan fingerprint density at radius 3 is 2.64 bits per heavy atom. The zero-order valence-electron chi connectivity index (χ0n) is 12.0. The van der Waals surface area contributed by atoms with Gasteiger partial charge in [-0.1, -0.05) is 0 Å². The smallest absolute Gasteiger partial charge is 0.271 e. The van der Waals surface area contributed by atoms with Crippen LogP contribution in [0, 0.1) is 3.57 Å². The van der Waals surface area contributed by atoms with Crippen LogP contribution in [-0.2, 0) is 0 Å². The molecule has 2 aromatic rings. The van der Waals surface area contributed by atoms with Crippen molar-refractivity contribution in [3.05, 3.63) is 51.4 Å². The number of rotatable bonds is 5. The monoisotopic (exact) mass is 411 g/mol. The van der Waals surface area contributed by atoms with Gasteiger partial charge in [0.2, 0.25) is 0 Å². The molecule has 0 fully saturated rings. The van der Waals surface area contributed by atoms with Crippen molar-refractivity contribution >= 4 is 34.7 Å². The number of nitrogens with zero attached hydrogens (tertiary/aromatic N) is 2. The van der Waals surface area contributed by atoms with E-state index < -0.39 is 0 Å². The summed E-state index contributed by atoms with van der Waals surface area (Å²) in [6, 6.07) is 6.89. The van der Waals surface area contributed by atoms with Crippen LogP contribution in [0.5, 0.6) is 11.5 Å². The van der Waals surface area contributed by atoms with E-state index in [1.807, 2.05) is 6.07 Å². The van der Waals surface area contributed by atoms with Crippen LogP contribution in [0.4, 0.5) is 0 Å². The minimum Gasteiger partial charge on any atom is -0.493 e. The predicted molar refractivity (Wildman–Crippen MR) is 91.6 cm³/mol. The van der Waals surface area contributed by atoms with Gasteiger partial charge in [-0.15, -0.1) is 0 Å². The van der Waals surface area contributed by atoms with E-state index >= 15 is 0 Å². The van der Waals surface area contributed by atoms with Crippen molar-refractivity contribution in [1.29, 1.82) is 0 Å². The first-order chi connectivity index (χ1) is 10.7. The molecule has 1 N–H and O–H groups in total. The van der Waals surface area contributed by atoms with E-state index in [9.17, 15) is 4.79 Å². The van der Waals surface area contributed by atoms with E-state index in [0.29, 0.717) is 17.1 Å². The van der Waals surface area contributed by atoms with Crippen molar-refractivity contribution in [2.45, 2.75) is 0 Å². The molecule has 22 heavy (non-hydrogen) atoms. The van der Waals surface area contributed by atoms with Crippen LogP contribution in [0.1, 0.15) is 15.9 Å². The summed E-state index contributed by atoms with van der Waals surface area (Å²) >= 11 is 2.15. The van der Waals surface area contributed by atoms with Gasteiger partial charge in [0.15, 0.2) is 11.5 Å². The van der Waals surface area contributed by atoms with E-state index in [1.165, 1.54) is 0 Å². The lowest BCUT2D eigenvalue weighted by atomic mass is 10.2. The fraction of sp³-hybridized carbons (Fsp3) is 0.133. The van der Waals surface area contributed by atoms with Gasteiger partial charge in [0.1, 0.15) is 0 Å². The Bertz CT molecular complexity index is 690. The van der Waals surface area contributed by atoms with E-state index in [0.717, 1.165) is 9.13 Å². The molecule has 0 unspecified atom stereocenters. The molecule has 0 aliphatic carbocycles. The van der Waals surface area contributed by atoms with Gasteiger partial charge in [-0.05, 0) is 52.4 Å². The van der Waals surface area contributed by atoms with Gasteiger partial charge in [0.05, 0.1) is 24.0 Å². The van der Waals surface area contributed by atoms with E-state index in [4.69, 9.17) is 9.47 Å². The summed E-state index contributed by atoms with van der Waals surface area (Å²) in [6.45, 7) is 0. The minimum absolute atomic E-state index is 0.297. The first-order valence-electron chi connectivity index (χ1n) is 6.30. The maximum absolute atomic E-state index is 11.8. The van der Waals surface area contributed by atoms with Crippen LogP contribution in [0.2, 0.25) is 0 Å². The van der Waals surface area contributed by atoms with E-state index in [-0.39, 0.29) is 5.91 Å². The molecule has 1 heterocycles. The van der Waals surface area contributed by atoms with Crippen molar-refractivity contribution in [1.82, 2.24) is 10.4 Å². The first-order valence-corrected chi connectivity index (χ1v) is 7.38. The topological polar surface area (TPSA) is 72.8 Å². The number of aromatic nitrogens is 1. The average Bonchev–Trinajstić information content (AvgIpc) is 2.55. The highest BCUT2D eigenvalue weighted by atomic mass is 127. The Hall–Kier alpha value is -2.16. The summed E-state index contributed by atoms with van der Waals surface area (Å²) < 4.78 is 11.4. The number of benzene rings is 1. The fourth-order valence-electron chi connectivity index (χ4n) is 1.75. The number of pyridine rings is 1. The molecule has 1 aromatic carbocycles. The third kappa shape index (κ3) is 3.94. The highest BCUT2D eigenvalue weighted by Gasteiger charge is 2.09. The highest BCUT2D eigenvalue weighted by Crippen LogP contribution is 2.32. The number of methoxy groups -OCH3 is 2. The molecule has 0 atom stereocenters. The number of halogens is 1. The molecule has 1 amide bonds. The van der Waals surface area contributed by atoms with E-state index in [2.05, 4.69) is 38.1 Å². The Kier molecular flexibility index (Phi) is 5.70. The van der Waals surface area contributed by atoms with Crippen molar-refractivity contribution in [2.24, 2.45) is 5.10 Å². The number of nitrogens with one attached hydrogen (secondary N) is 1. The SMILES string of the molecule is COc1cc(/C=N\NC(=O)c2ccncc2)cc(I)c1OC. The molecule has 0 aliphatic heterocycles. The summed E-state index contributed by atoms with van der Waals surface area (Å²) in [6.07, 6.45) is 4.65. The molecule has 0 radical (unpaired) electrons. The third-order valence-electron chi connectivity index (χ3n) is 2.78. The Balaban J connectivity index is 2.10. The van der Waals surface area contributed by atoms with Crippen LogP contribution in [0.25, 0.3) is 0 Å². The predicted octanol–water partition coefficient (Wildman–Crippen LogP) is 2.47. The quantitative estimate of drug-likeness (QED) is 0.466. The molecule has 114 valence electrons. The van der Waals surface area contributed by atoms with Crippen LogP contribution in [0.15, 0.2) is 41.8 Å². The van der Waals surface area contributed by atoms with Gasteiger partial charge < -0.3 is 9.47 Å². The number of carbonyl (C=O) groups excluding carboxylic acids is 1. The molecular weight excluding hydrogens is 397 g/mol. The van der Waals surface area contributed by atoms with E-state index in [1.54, 1.807) is 51.0 Å². The van der Waals surface area contributed by atoms with Gasteiger partial charge in [0, 0.05) is 18.0 Å². The maximum atomic E-state index is 11.8. The lowest BCUT2D eigenvalue weighted by Crippen LogP contribution is -2.17. The molecule has 0 saturated carbocycles. The second-order valence-corrected chi connectivity index (χ2v) is 5.34. The number of hydrazone groups is 1. The zero-order valence-corrected chi connectivity index (χ0v) is 14.2. The van der Waals surface area contributed by atoms with Gasteiger partial charge >= 0.3 is 0 Å². The van der Waals surface area contributed by atoms with Crippen molar-refractivity contribution in [2.75, 3.05) is 14.2 Å². The minimum atomic E-state index is -0.297. The second-order valence-electron chi connectivity index (χ2n) is 4.17. The number of amides is 1. The van der Waals surface area contributed by atoms with Gasteiger partial charge in [0.25, 0.3) is 5.91 Å². The number of hydrogen-bond donors (Lipinski definition) is 1. The van der Waals surface area contributed by atoms with Crippen LogP contribution in [-0.4, -0.2) is 31.3 Å². The summed E-state index contributed by atoms with van der Waals surface area (Å²) in [5.74, 6) is 0.978. The highest BCUT2D eigenvalue weighted by molar-refractivity contribution is 14.1. The summed E-state index contributed by atoms with van der Waals surface area (Å²) in [7, 11) is 3.16. The first kappa shape index (κ1) is 16.2. The van der Waals surface area contributed by atoms with Crippen molar-refractivity contribution in [3.63, 3.8) is 0 Å². The van der Waals surface area contributed by atoms with Crippen molar-refractivity contribution < 1.29 is 14.3 Å². The molecule has 0 aliphatic rings.